The van der Waals surface area contributed by atoms with Crippen molar-refractivity contribution in [3.05, 3.63) is 65.2 Å². The number of aryl methyl sites for hydroxylation is 3. The first-order valence-electron chi connectivity index (χ1n) is 12.7. The zero-order valence-corrected chi connectivity index (χ0v) is 22.2. The molecule has 0 fully saturated rings. The van der Waals surface area contributed by atoms with Gasteiger partial charge in [0.05, 0.1) is 12.5 Å². The van der Waals surface area contributed by atoms with Gasteiger partial charge in [-0.15, -0.1) is 0 Å². The Morgan fingerprint density at radius 2 is 1.43 bits per heavy atom. The van der Waals surface area contributed by atoms with E-state index in [4.69, 9.17) is 9.47 Å². The smallest absolute Gasteiger partial charge is 0.408 e. The van der Waals surface area contributed by atoms with Crippen LogP contribution in [0.25, 0.3) is 0 Å². The van der Waals surface area contributed by atoms with E-state index < -0.39 is 35.6 Å². The molecule has 0 radical (unpaired) electrons. The summed E-state index contributed by atoms with van der Waals surface area (Å²) in [6, 6.07) is 14.9. The average Bonchev–Trinajstić information content (AvgIpc) is 2.81. The number of carbonyl (C=O) groups is 3. The van der Waals surface area contributed by atoms with Crippen molar-refractivity contribution in [1.29, 1.82) is 0 Å². The molecule has 37 heavy (non-hydrogen) atoms. The van der Waals surface area contributed by atoms with Gasteiger partial charge in [-0.25, -0.2) is 9.59 Å². The van der Waals surface area contributed by atoms with E-state index in [0.717, 1.165) is 24.2 Å². The summed E-state index contributed by atoms with van der Waals surface area (Å²) in [6.45, 7) is 7.67. The van der Waals surface area contributed by atoms with Gasteiger partial charge < -0.3 is 25.0 Å². The van der Waals surface area contributed by atoms with Crippen LogP contribution >= 0.6 is 0 Å². The number of carboxylic acids is 2. The van der Waals surface area contributed by atoms with Crippen molar-refractivity contribution in [2.75, 3.05) is 6.61 Å². The number of ether oxygens (including phenoxy) is 2. The highest BCUT2D eigenvalue weighted by Gasteiger charge is 2.29. The topological polar surface area (TPSA) is 122 Å². The van der Waals surface area contributed by atoms with Crippen molar-refractivity contribution < 1.29 is 34.1 Å². The van der Waals surface area contributed by atoms with E-state index in [1.54, 1.807) is 20.8 Å². The lowest BCUT2D eigenvalue weighted by atomic mass is 9.93. The maximum absolute atomic E-state index is 12.0. The van der Waals surface area contributed by atoms with Gasteiger partial charge in [0.25, 0.3) is 0 Å². The normalized spacial score (nSPS) is 12.9. The summed E-state index contributed by atoms with van der Waals surface area (Å²) in [6.07, 6.45) is 2.26. The van der Waals surface area contributed by atoms with Crippen LogP contribution in [0.1, 0.15) is 63.1 Å². The van der Waals surface area contributed by atoms with Crippen molar-refractivity contribution in [1.82, 2.24) is 5.32 Å². The van der Waals surface area contributed by atoms with Gasteiger partial charge in [-0.05, 0) is 89.5 Å². The number of alkyl carbamates (subject to hydrolysis) is 1. The molecule has 2 aromatic carbocycles. The number of carboxylic acid groups (broad SMARTS) is 2. The van der Waals surface area contributed by atoms with Gasteiger partial charge in [-0.3, -0.25) is 4.79 Å². The highest BCUT2D eigenvalue weighted by Crippen LogP contribution is 2.19. The molecule has 0 heterocycles. The van der Waals surface area contributed by atoms with E-state index in [2.05, 4.69) is 17.4 Å². The molecule has 2 atom stereocenters. The van der Waals surface area contributed by atoms with Crippen LogP contribution in [0.2, 0.25) is 0 Å². The third kappa shape index (κ3) is 11.8. The molecule has 2 aromatic rings. The van der Waals surface area contributed by atoms with Gasteiger partial charge in [0.15, 0.2) is 0 Å². The van der Waals surface area contributed by atoms with E-state index >= 15 is 0 Å². The molecule has 2 rings (SSSR count). The van der Waals surface area contributed by atoms with Crippen LogP contribution in [-0.4, -0.2) is 46.5 Å². The molecular weight excluding hydrogens is 474 g/mol. The van der Waals surface area contributed by atoms with Crippen LogP contribution in [0.4, 0.5) is 4.79 Å². The van der Waals surface area contributed by atoms with E-state index in [-0.39, 0.29) is 6.42 Å². The molecule has 0 saturated heterocycles. The largest absolute Gasteiger partial charge is 0.494 e. The minimum atomic E-state index is -1.34. The summed E-state index contributed by atoms with van der Waals surface area (Å²) in [5.41, 5.74) is 2.71. The van der Waals surface area contributed by atoms with Crippen LogP contribution in [-0.2, 0) is 27.2 Å². The Kier molecular flexibility index (Phi) is 11.4. The first kappa shape index (κ1) is 29.7. The molecule has 1 amide bonds. The van der Waals surface area contributed by atoms with Gasteiger partial charge >= 0.3 is 18.0 Å². The SMILES string of the molecule is Cc1ccc(OCCCc2ccc(CCC[C@@H](C[C@H](NC(=O)OC(C)(C)C)C(=O)O)C(=O)O)cc2)cc1. The van der Waals surface area contributed by atoms with E-state index in [0.29, 0.717) is 25.9 Å². The number of nitrogens with one attached hydrogen (secondary N) is 1. The highest BCUT2D eigenvalue weighted by molar-refractivity contribution is 5.81. The maximum Gasteiger partial charge on any atom is 0.408 e. The lowest BCUT2D eigenvalue weighted by Gasteiger charge is -2.23. The monoisotopic (exact) mass is 513 g/mol. The number of hydrogen-bond donors (Lipinski definition) is 3. The van der Waals surface area contributed by atoms with Crippen molar-refractivity contribution >= 4 is 18.0 Å². The molecule has 0 spiro atoms. The van der Waals surface area contributed by atoms with Gasteiger partial charge in [-0.2, -0.15) is 0 Å². The van der Waals surface area contributed by atoms with Crippen LogP contribution < -0.4 is 10.1 Å². The van der Waals surface area contributed by atoms with Crippen molar-refractivity contribution in [2.45, 2.75) is 77.9 Å². The Morgan fingerprint density at radius 3 is 1.95 bits per heavy atom. The second-order valence-corrected chi connectivity index (χ2v) is 10.3. The Labute approximate surface area is 219 Å². The van der Waals surface area contributed by atoms with Crippen molar-refractivity contribution in [3.63, 3.8) is 0 Å². The Balaban J connectivity index is 1.77. The minimum Gasteiger partial charge on any atom is -0.494 e. The maximum atomic E-state index is 12.0. The molecule has 8 heteroatoms. The van der Waals surface area contributed by atoms with Crippen LogP contribution in [0.3, 0.4) is 0 Å². The second-order valence-electron chi connectivity index (χ2n) is 10.3. The number of amides is 1. The lowest BCUT2D eigenvalue weighted by Crippen LogP contribution is -2.45. The second kappa shape index (κ2) is 14.3. The van der Waals surface area contributed by atoms with Gasteiger partial charge in [0, 0.05) is 0 Å². The summed E-state index contributed by atoms with van der Waals surface area (Å²) in [4.78, 5) is 35.3. The molecule has 0 aliphatic rings. The van der Waals surface area contributed by atoms with Crippen LogP contribution in [0.5, 0.6) is 5.75 Å². The molecule has 0 aliphatic carbocycles. The Hall–Kier alpha value is -3.55. The van der Waals surface area contributed by atoms with Gasteiger partial charge in [-0.1, -0.05) is 42.0 Å². The standard InChI is InChI=1S/C29H39NO7/c1-20-10-16-24(17-11-20)36-18-6-8-22-14-12-21(13-15-22)7-5-9-23(26(31)32)19-25(27(33)34)30-28(35)37-29(2,3)4/h10-17,23,25H,5-9,18-19H2,1-4H3,(H,30,35)(H,31,32)(H,33,34)/t23-,25-/m0/s1. The first-order chi connectivity index (χ1) is 17.4. The first-order valence-corrected chi connectivity index (χ1v) is 12.7. The zero-order valence-electron chi connectivity index (χ0n) is 22.2. The fraction of sp³-hybridized carbons (Fsp3) is 0.483. The fourth-order valence-corrected chi connectivity index (χ4v) is 3.82. The fourth-order valence-electron chi connectivity index (χ4n) is 3.82. The molecule has 0 aromatic heterocycles. The molecule has 0 bridgehead atoms. The van der Waals surface area contributed by atoms with Gasteiger partial charge in [0.1, 0.15) is 17.4 Å². The van der Waals surface area contributed by atoms with Crippen LogP contribution in [0, 0.1) is 12.8 Å². The number of hydrogen-bond acceptors (Lipinski definition) is 5. The summed E-state index contributed by atoms with van der Waals surface area (Å²) < 4.78 is 10.9. The lowest BCUT2D eigenvalue weighted by molar-refractivity contribution is -0.144. The number of aliphatic carboxylic acids is 2. The highest BCUT2D eigenvalue weighted by atomic mass is 16.6. The van der Waals surface area contributed by atoms with Crippen molar-refractivity contribution in [2.24, 2.45) is 5.92 Å². The molecule has 3 N–H and O–H groups in total. The van der Waals surface area contributed by atoms with E-state index in [9.17, 15) is 24.6 Å². The molecule has 8 nitrogen and oxygen atoms in total. The zero-order chi connectivity index (χ0) is 27.4. The summed E-state index contributed by atoms with van der Waals surface area (Å²) in [7, 11) is 0. The van der Waals surface area contributed by atoms with E-state index in [1.165, 1.54) is 11.1 Å². The summed E-state index contributed by atoms with van der Waals surface area (Å²) in [5, 5.41) is 21.3. The third-order valence-corrected chi connectivity index (χ3v) is 5.80. The number of rotatable bonds is 14. The van der Waals surface area contributed by atoms with Crippen LogP contribution in [0.15, 0.2) is 48.5 Å². The molecule has 0 aliphatic heterocycles. The Morgan fingerprint density at radius 1 is 0.865 bits per heavy atom. The Bertz CT molecular complexity index is 1010. The molecule has 0 saturated carbocycles. The number of carbonyl (C=O) groups excluding carboxylic acids is 1. The van der Waals surface area contributed by atoms with E-state index in [1.807, 2.05) is 43.3 Å². The predicted octanol–water partition coefficient (Wildman–Crippen LogP) is 5.40. The molecular formula is C29H39NO7. The predicted molar refractivity (Wildman–Crippen MR) is 141 cm³/mol. The number of benzene rings is 2. The quantitative estimate of drug-likeness (QED) is 0.289. The average molecular weight is 514 g/mol. The summed E-state index contributed by atoms with van der Waals surface area (Å²) >= 11 is 0. The molecule has 202 valence electrons. The third-order valence-electron chi connectivity index (χ3n) is 5.80. The van der Waals surface area contributed by atoms with Gasteiger partial charge in [0.2, 0.25) is 0 Å². The molecule has 0 unspecified atom stereocenters. The summed E-state index contributed by atoms with van der Waals surface area (Å²) in [5.74, 6) is -2.41. The van der Waals surface area contributed by atoms with Crippen molar-refractivity contribution in [3.8, 4) is 5.75 Å². The minimum absolute atomic E-state index is 0.215.